The SMILES string of the molecule is C[C@H]1OCCN[C@@H]1C(=O)NCC(C)(C)c1ccccc1Cl. The molecule has 2 N–H and O–H groups in total. The minimum Gasteiger partial charge on any atom is -0.375 e. The summed E-state index contributed by atoms with van der Waals surface area (Å²) in [6, 6.07) is 7.45. The van der Waals surface area contributed by atoms with Gasteiger partial charge in [0.25, 0.3) is 0 Å². The predicted molar refractivity (Wildman–Crippen MR) is 84.7 cm³/mol. The Balaban J connectivity index is 1.98. The molecule has 21 heavy (non-hydrogen) atoms. The molecule has 0 spiro atoms. The van der Waals surface area contributed by atoms with Gasteiger partial charge in [-0.25, -0.2) is 0 Å². The van der Waals surface area contributed by atoms with Crippen molar-refractivity contribution in [2.75, 3.05) is 19.7 Å². The Kier molecular flexibility index (Phi) is 5.25. The van der Waals surface area contributed by atoms with E-state index < -0.39 is 0 Å². The molecule has 0 saturated carbocycles. The van der Waals surface area contributed by atoms with Crippen LogP contribution in [0, 0.1) is 0 Å². The standard InChI is InChI=1S/C16H23ClN2O2/c1-11-14(18-8-9-21-11)15(20)19-10-16(2,3)12-6-4-5-7-13(12)17/h4-7,11,14,18H,8-10H2,1-3H3,(H,19,20)/t11-,14+/m1/s1. The van der Waals surface area contributed by atoms with Crippen molar-refractivity contribution < 1.29 is 9.53 Å². The van der Waals surface area contributed by atoms with Gasteiger partial charge in [0.1, 0.15) is 6.04 Å². The minimum absolute atomic E-state index is 0.0256. The molecule has 2 rings (SSSR count). The number of rotatable bonds is 4. The zero-order chi connectivity index (χ0) is 15.5. The summed E-state index contributed by atoms with van der Waals surface area (Å²) in [5.74, 6) is -0.0256. The summed E-state index contributed by atoms with van der Waals surface area (Å²) in [5, 5.41) is 6.93. The van der Waals surface area contributed by atoms with Crippen LogP contribution in [0.15, 0.2) is 24.3 Å². The number of halogens is 1. The van der Waals surface area contributed by atoms with Crippen LogP contribution in [0.5, 0.6) is 0 Å². The van der Waals surface area contributed by atoms with Gasteiger partial charge in [0.2, 0.25) is 5.91 Å². The van der Waals surface area contributed by atoms with Crippen LogP contribution in [-0.2, 0) is 14.9 Å². The quantitative estimate of drug-likeness (QED) is 0.895. The zero-order valence-electron chi connectivity index (χ0n) is 12.8. The van der Waals surface area contributed by atoms with E-state index in [0.717, 1.165) is 10.6 Å². The lowest BCUT2D eigenvalue weighted by Crippen LogP contribution is -2.56. The zero-order valence-corrected chi connectivity index (χ0v) is 13.5. The van der Waals surface area contributed by atoms with Gasteiger partial charge < -0.3 is 15.4 Å². The Morgan fingerprint density at radius 3 is 2.86 bits per heavy atom. The van der Waals surface area contributed by atoms with Crippen molar-refractivity contribution in [2.24, 2.45) is 0 Å². The predicted octanol–water partition coefficient (Wildman–Crippen LogP) is 2.11. The summed E-state index contributed by atoms with van der Waals surface area (Å²) < 4.78 is 5.50. The molecule has 1 aliphatic rings. The highest BCUT2D eigenvalue weighted by Gasteiger charge is 2.30. The van der Waals surface area contributed by atoms with E-state index in [0.29, 0.717) is 19.7 Å². The van der Waals surface area contributed by atoms with E-state index >= 15 is 0 Å². The van der Waals surface area contributed by atoms with Gasteiger partial charge in [0.05, 0.1) is 12.7 Å². The third-order valence-corrected chi connectivity index (χ3v) is 4.24. The van der Waals surface area contributed by atoms with Gasteiger partial charge in [-0.1, -0.05) is 43.6 Å². The van der Waals surface area contributed by atoms with Crippen LogP contribution in [0.1, 0.15) is 26.3 Å². The van der Waals surface area contributed by atoms with Crippen molar-refractivity contribution in [1.82, 2.24) is 10.6 Å². The summed E-state index contributed by atoms with van der Waals surface area (Å²) in [4.78, 5) is 12.3. The molecule has 0 aromatic heterocycles. The first-order chi connectivity index (χ1) is 9.92. The van der Waals surface area contributed by atoms with Gasteiger partial charge >= 0.3 is 0 Å². The molecule has 0 unspecified atom stereocenters. The molecule has 1 amide bonds. The van der Waals surface area contributed by atoms with Crippen LogP contribution in [0.2, 0.25) is 5.02 Å². The number of carbonyl (C=O) groups excluding carboxylic acids is 1. The van der Waals surface area contributed by atoms with E-state index in [1.165, 1.54) is 0 Å². The van der Waals surface area contributed by atoms with Gasteiger partial charge in [0.15, 0.2) is 0 Å². The summed E-state index contributed by atoms with van der Waals surface area (Å²) >= 11 is 6.25. The molecule has 0 radical (unpaired) electrons. The van der Waals surface area contributed by atoms with Crippen LogP contribution in [0.25, 0.3) is 0 Å². The summed E-state index contributed by atoms with van der Waals surface area (Å²) in [7, 11) is 0. The maximum absolute atomic E-state index is 12.3. The summed E-state index contributed by atoms with van der Waals surface area (Å²) in [6.45, 7) is 7.94. The second kappa shape index (κ2) is 6.77. The van der Waals surface area contributed by atoms with Crippen LogP contribution in [0.4, 0.5) is 0 Å². The van der Waals surface area contributed by atoms with Gasteiger partial charge in [-0.3, -0.25) is 4.79 Å². The maximum Gasteiger partial charge on any atom is 0.239 e. The Hall–Kier alpha value is -1.10. The number of benzene rings is 1. The monoisotopic (exact) mass is 310 g/mol. The molecule has 0 bridgehead atoms. The molecular weight excluding hydrogens is 288 g/mol. The third-order valence-electron chi connectivity index (χ3n) is 3.91. The van der Waals surface area contributed by atoms with E-state index in [9.17, 15) is 4.79 Å². The van der Waals surface area contributed by atoms with Gasteiger partial charge in [-0.15, -0.1) is 0 Å². The Morgan fingerprint density at radius 1 is 1.48 bits per heavy atom. The molecule has 1 saturated heterocycles. The minimum atomic E-state index is -0.291. The molecule has 1 aromatic carbocycles. The van der Waals surface area contributed by atoms with Gasteiger partial charge in [0, 0.05) is 23.5 Å². The Labute approximate surface area is 131 Å². The van der Waals surface area contributed by atoms with E-state index in [4.69, 9.17) is 16.3 Å². The molecule has 1 fully saturated rings. The van der Waals surface area contributed by atoms with E-state index in [1.54, 1.807) is 0 Å². The summed E-state index contributed by atoms with van der Waals surface area (Å²) in [5.41, 5.74) is 0.806. The largest absolute Gasteiger partial charge is 0.375 e. The van der Waals surface area contributed by atoms with Crippen molar-refractivity contribution >= 4 is 17.5 Å². The first kappa shape index (κ1) is 16.3. The number of hydrogen-bond donors (Lipinski definition) is 2. The highest BCUT2D eigenvalue weighted by atomic mass is 35.5. The smallest absolute Gasteiger partial charge is 0.239 e. The topological polar surface area (TPSA) is 50.4 Å². The van der Waals surface area contributed by atoms with Gasteiger partial charge in [-0.05, 0) is 18.6 Å². The first-order valence-corrected chi connectivity index (χ1v) is 7.67. The molecular formula is C16H23ClN2O2. The molecule has 1 aliphatic heterocycles. The van der Waals surface area contributed by atoms with Crippen molar-refractivity contribution in [3.05, 3.63) is 34.9 Å². The number of hydrogen-bond acceptors (Lipinski definition) is 3. The number of morpholine rings is 1. The first-order valence-electron chi connectivity index (χ1n) is 7.29. The van der Waals surface area contributed by atoms with Crippen LogP contribution >= 0.6 is 11.6 Å². The number of amides is 1. The Morgan fingerprint density at radius 2 is 2.19 bits per heavy atom. The third kappa shape index (κ3) is 3.96. The van der Waals surface area contributed by atoms with Crippen LogP contribution < -0.4 is 10.6 Å². The second-order valence-corrected chi connectivity index (χ2v) is 6.50. The van der Waals surface area contributed by atoms with Crippen molar-refractivity contribution in [3.8, 4) is 0 Å². The van der Waals surface area contributed by atoms with Gasteiger partial charge in [-0.2, -0.15) is 0 Å². The molecule has 0 aliphatic carbocycles. The van der Waals surface area contributed by atoms with Crippen molar-refractivity contribution in [1.29, 1.82) is 0 Å². The molecule has 1 aromatic rings. The highest BCUT2D eigenvalue weighted by molar-refractivity contribution is 6.31. The number of carbonyl (C=O) groups is 1. The maximum atomic E-state index is 12.3. The molecule has 116 valence electrons. The van der Waals surface area contributed by atoms with E-state index in [1.807, 2.05) is 31.2 Å². The fraction of sp³-hybridized carbons (Fsp3) is 0.562. The fourth-order valence-corrected chi connectivity index (χ4v) is 2.94. The Bertz CT molecular complexity index is 505. The van der Waals surface area contributed by atoms with Crippen LogP contribution in [-0.4, -0.2) is 37.7 Å². The molecule has 4 nitrogen and oxygen atoms in total. The average molecular weight is 311 g/mol. The summed E-state index contributed by atoms with van der Waals surface area (Å²) in [6.07, 6.45) is -0.109. The average Bonchev–Trinajstić information content (AvgIpc) is 2.45. The number of ether oxygens (including phenoxy) is 1. The second-order valence-electron chi connectivity index (χ2n) is 6.09. The van der Waals surface area contributed by atoms with E-state index in [2.05, 4.69) is 24.5 Å². The molecule has 1 heterocycles. The lowest BCUT2D eigenvalue weighted by atomic mass is 9.84. The number of nitrogens with one attached hydrogen (secondary N) is 2. The van der Waals surface area contributed by atoms with Crippen molar-refractivity contribution in [3.63, 3.8) is 0 Å². The normalized spacial score (nSPS) is 22.9. The van der Waals surface area contributed by atoms with Crippen molar-refractivity contribution in [2.45, 2.75) is 38.3 Å². The lowest BCUT2D eigenvalue weighted by Gasteiger charge is -2.31. The molecule has 5 heteroatoms. The lowest BCUT2D eigenvalue weighted by molar-refractivity contribution is -0.129. The van der Waals surface area contributed by atoms with Crippen LogP contribution in [0.3, 0.4) is 0 Å². The highest BCUT2D eigenvalue weighted by Crippen LogP contribution is 2.29. The van der Waals surface area contributed by atoms with E-state index in [-0.39, 0.29) is 23.5 Å². The fourth-order valence-electron chi connectivity index (χ4n) is 2.55. The molecule has 2 atom stereocenters.